The summed E-state index contributed by atoms with van der Waals surface area (Å²) in [7, 11) is 0. The van der Waals surface area contributed by atoms with Gasteiger partial charge in [-0.15, -0.1) is 0 Å². The summed E-state index contributed by atoms with van der Waals surface area (Å²) in [5.41, 5.74) is 4.98. The number of hydrogen-bond donors (Lipinski definition) is 4. The molecule has 2 rings (SSSR count). The Kier molecular flexibility index (Phi) is 4.45. The van der Waals surface area contributed by atoms with Crippen molar-refractivity contribution in [3.8, 4) is 0 Å². The SMILES string of the molecule is CC1CCC(NC(=O)Nc2ccccc2F)(C(=N)N)CC1. The second-order valence-corrected chi connectivity index (χ2v) is 5.74. The predicted octanol–water partition coefficient (Wildman–Crippen LogP) is 2.83. The van der Waals surface area contributed by atoms with E-state index in [2.05, 4.69) is 17.6 Å². The Hall–Kier alpha value is -2.11. The molecule has 0 unspecified atom stereocenters. The topological polar surface area (TPSA) is 91.0 Å². The van der Waals surface area contributed by atoms with Crippen molar-refractivity contribution in [1.82, 2.24) is 5.32 Å². The molecule has 1 saturated carbocycles. The van der Waals surface area contributed by atoms with Crippen LogP contribution in [0.15, 0.2) is 24.3 Å². The number of nitrogens with one attached hydrogen (secondary N) is 3. The number of nitrogens with two attached hydrogens (primary N) is 1. The summed E-state index contributed by atoms with van der Waals surface area (Å²) in [5.74, 6) is 0.0220. The monoisotopic (exact) mass is 292 g/mol. The molecule has 0 atom stereocenters. The number of amidine groups is 1. The molecule has 0 saturated heterocycles. The van der Waals surface area contributed by atoms with Crippen molar-refractivity contribution in [3.05, 3.63) is 30.1 Å². The lowest BCUT2D eigenvalue weighted by molar-refractivity contribution is 0.225. The fourth-order valence-corrected chi connectivity index (χ4v) is 2.65. The van der Waals surface area contributed by atoms with E-state index in [1.165, 1.54) is 12.1 Å². The molecular formula is C15H21FN4O. The molecule has 5 nitrogen and oxygen atoms in total. The molecule has 0 bridgehead atoms. The number of carbonyl (C=O) groups excluding carboxylic acids is 1. The minimum absolute atomic E-state index is 0.0434. The van der Waals surface area contributed by atoms with Crippen molar-refractivity contribution in [1.29, 1.82) is 5.41 Å². The molecule has 0 heterocycles. The first-order valence-corrected chi connectivity index (χ1v) is 7.11. The molecule has 1 fully saturated rings. The van der Waals surface area contributed by atoms with Crippen molar-refractivity contribution in [3.63, 3.8) is 0 Å². The second kappa shape index (κ2) is 6.11. The standard InChI is InChI=1S/C15H21FN4O/c1-10-6-8-15(9-7-10,13(17)18)20-14(21)19-12-5-3-2-4-11(12)16/h2-5,10H,6-9H2,1H3,(H3,17,18)(H2,19,20,21). The van der Waals surface area contributed by atoms with Crippen LogP contribution in [0.25, 0.3) is 0 Å². The molecule has 0 aliphatic heterocycles. The normalized spacial score (nSPS) is 25.1. The van der Waals surface area contributed by atoms with E-state index < -0.39 is 17.4 Å². The van der Waals surface area contributed by atoms with E-state index in [9.17, 15) is 9.18 Å². The summed E-state index contributed by atoms with van der Waals surface area (Å²) in [4.78, 5) is 12.1. The number of halogens is 1. The zero-order valence-corrected chi connectivity index (χ0v) is 12.1. The molecule has 1 aromatic carbocycles. The average Bonchev–Trinajstić information content (AvgIpc) is 2.44. The fraction of sp³-hybridized carbons (Fsp3) is 0.467. The number of hydrogen-bond acceptors (Lipinski definition) is 2. The lowest BCUT2D eigenvalue weighted by Gasteiger charge is -2.39. The maximum Gasteiger partial charge on any atom is 0.320 e. The van der Waals surface area contributed by atoms with Crippen LogP contribution in [-0.4, -0.2) is 17.4 Å². The quantitative estimate of drug-likeness (QED) is 0.509. The third kappa shape index (κ3) is 3.51. The number of para-hydroxylation sites is 1. The van der Waals surface area contributed by atoms with E-state index >= 15 is 0 Å². The molecule has 6 heteroatoms. The predicted molar refractivity (Wildman–Crippen MR) is 80.8 cm³/mol. The smallest absolute Gasteiger partial charge is 0.320 e. The first kappa shape index (κ1) is 15.3. The first-order valence-electron chi connectivity index (χ1n) is 7.11. The summed E-state index contributed by atoms with van der Waals surface area (Å²) in [6.45, 7) is 2.14. The van der Waals surface area contributed by atoms with Crippen molar-refractivity contribution >= 4 is 17.6 Å². The van der Waals surface area contributed by atoms with Gasteiger partial charge in [-0.1, -0.05) is 19.1 Å². The lowest BCUT2D eigenvalue weighted by Crippen LogP contribution is -2.59. The van der Waals surface area contributed by atoms with Gasteiger partial charge in [0.2, 0.25) is 0 Å². The van der Waals surface area contributed by atoms with Crippen LogP contribution in [0.1, 0.15) is 32.6 Å². The number of urea groups is 1. The number of anilines is 1. The van der Waals surface area contributed by atoms with Crippen LogP contribution in [0, 0.1) is 17.1 Å². The van der Waals surface area contributed by atoms with E-state index in [4.69, 9.17) is 11.1 Å². The van der Waals surface area contributed by atoms with E-state index in [1.54, 1.807) is 12.1 Å². The third-order valence-corrected chi connectivity index (χ3v) is 4.12. The molecular weight excluding hydrogens is 271 g/mol. The highest BCUT2D eigenvalue weighted by atomic mass is 19.1. The molecule has 1 aliphatic carbocycles. The minimum Gasteiger partial charge on any atom is -0.386 e. The third-order valence-electron chi connectivity index (χ3n) is 4.12. The number of carbonyl (C=O) groups is 1. The van der Waals surface area contributed by atoms with E-state index in [0.717, 1.165) is 12.8 Å². The highest BCUT2D eigenvalue weighted by molar-refractivity contribution is 5.96. The zero-order chi connectivity index (χ0) is 15.5. The van der Waals surface area contributed by atoms with Crippen LogP contribution >= 0.6 is 0 Å². The maximum atomic E-state index is 13.5. The van der Waals surface area contributed by atoms with Crippen molar-refractivity contribution in [2.24, 2.45) is 11.7 Å². The Balaban J connectivity index is 2.06. The second-order valence-electron chi connectivity index (χ2n) is 5.74. The molecule has 0 aromatic heterocycles. The van der Waals surface area contributed by atoms with Gasteiger partial charge in [-0.3, -0.25) is 5.41 Å². The molecule has 114 valence electrons. The van der Waals surface area contributed by atoms with Gasteiger partial charge in [-0.25, -0.2) is 9.18 Å². The van der Waals surface area contributed by atoms with E-state index in [-0.39, 0.29) is 11.5 Å². The molecule has 1 aliphatic rings. The number of rotatable bonds is 3. The molecule has 21 heavy (non-hydrogen) atoms. The summed E-state index contributed by atoms with van der Waals surface area (Å²) in [5, 5.41) is 13.0. The Morgan fingerprint density at radius 2 is 2.00 bits per heavy atom. The Morgan fingerprint density at radius 1 is 1.38 bits per heavy atom. The summed E-state index contributed by atoms with van der Waals surface area (Å²) >= 11 is 0. The molecule has 1 aromatic rings. The Labute approximate surface area is 123 Å². The largest absolute Gasteiger partial charge is 0.386 e. The van der Waals surface area contributed by atoms with Crippen LogP contribution in [0.5, 0.6) is 0 Å². The molecule has 0 spiro atoms. The van der Waals surface area contributed by atoms with Crippen LogP contribution in [-0.2, 0) is 0 Å². The van der Waals surface area contributed by atoms with Crippen molar-refractivity contribution < 1.29 is 9.18 Å². The zero-order valence-electron chi connectivity index (χ0n) is 12.1. The van der Waals surface area contributed by atoms with Crippen LogP contribution in [0.4, 0.5) is 14.9 Å². The Bertz CT molecular complexity index is 538. The van der Waals surface area contributed by atoms with Gasteiger partial charge in [0.25, 0.3) is 0 Å². The highest BCUT2D eigenvalue weighted by Gasteiger charge is 2.38. The van der Waals surface area contributed by atoms with Crippen molar-refractivity contribution in [2.45, 2.75) is 38.1 Å². The first-order chi connectivity index (χ1) is 9.93. The number of benzene rings is 1. The van der Waals surface area contributed by atoms with E-state index in [1.807, 2.05) is 0 Å². The van der Waals surface area contributed by atoms with Crippen LogP contribution < -0.4 is 16.4 Å². The van der Waals surface area contributed by atoms with Gasteiger partial charge in [0.15, 0.2) is 0 Å². The van der Waals surface area contributed by atoms with E-state index in [0.29, 0.717) is 18.8 Å². The van der Waals surface area contributed by atoms with Gasteiger partial charge in [0.05, 0.1) is 11.2 Å². The average molecular weight is 292 g/mol. The van der Waals surface area contributed by atoms with Gasteiger partial charge >= 0.3 is 6.03 Å². The van der Waals surface area contributed by atoms with Crippen LogP contribution in [0.2, 0.25) is 0 Å². The van der Waals surface area contributed by atoms with Gasteiger partial charge in [0, 0.05) is 0 Å². The highest BCUT2D eigenvalue weighted by Crippen LogP contribution is 2.32. The maximum absolute atomic E-state index is 13.5. The molecule has 0 radical (unpaired) electrons. The summed E-state index contributed by atoms with van der Waals surface area (Å²) in [6, 6.07) is 5.42. The van der Waals surface area contributed by atoms with Gasteiger partial charge in [-0.05, 0) is 43.7 Å². The molecule has 5 N–H and O–H groups in total. The number of amides is 2. The van der Waals surface area contributed by atoms with Gasteiger partial charge < -0.3 is 16.4 Å². The minimum atomic E-state index is -0.818. The van der Waals surface area contributed by atoms with Crippen LogP contribution in [0.3, 0.4) is 0 Å². The van der Waals surface area contributed by atoms with Gasteiger partial charge in [0.1, 0.15) is 11.7 Å². The van der Waals surface area contributed by atoms with Gasteiger partial charge in [-0.2, -0.15) is 0 Å². The summed E-state index contributed by atoms with van der Waals surface area (Å²) in [6.07, 6.45) is 3.07. The lowest BCUT2D eigenvalue weighted by atomic mass is 9.76. The Morgan fingerprint density at radius 3 is 2.57 bits per heavy atom. The summed E-state index contributed by atoms with van der Waals surface area (Å²) < 4.78 is 13.5. The molecule has 2 amide bonds. The fourth-order valence-electron chi connectivity index (χ4n) is 2.65. The van der Waals surface area contributed by atoms with Crippen molar-refractivity contribution in [2.75, 3.05) is 5.32 Å².